The molecule has 1 atom stereocenters. The highest BCUT2D eigenvalue weighted by molar-refractivity contribution is 5.86. The molecule has 0 spiro atoms. The first-order valence-electron chi connectivity index (χ1n) is 10.1. The van der Waals surface area contributed by atoms with E-state index in [4.69, 9.17) is 4.74 Å². The van der Waals surface area contributed by atoms with Crippen LogP contribution in [-0.2, 0) is 4.74 Å². The molecule has 26 heavy (non-hydrogen) atoms. The predicted octanol–water partition coefficient (Wildman–Crippen LogP) is 5.17. The largest absolute Gasteiger partial charge is 0.443 e. The van der Waals surface area contributed by atoms with E-state index in [0.717, 1.165) is 13.0 Å². The molecular weight excluding hydrogens is 326 g/mol. The lowest BCUT2D eigenvalue weighted by molar-refractivity contribution is 0.0579. The van der Waals surface area contributed by atoms with Gasteiger partial charge in [-0.1, -0.05) is 26.3 Å². The van der Waals surface area contributed by atoms with Gasteiger partial charge in [-0.25, -0.2) is 9.78 Å². The van der Waals surface area contributed by atoms with Gasteiger partial charge in [0.25, 0.3) is 0 Å². The van der Waals surface area contributed by atoms with Gasteiger partial charge < -0.3 is 4.74 Å². The third kappa shape index (κ3) is 5.70. The molecule has 1 unspecified atom stereocenters. The topological polar surface area (TPSA) is 45.7 Å². The van der Waals surface area contributed by atoms with Crippen LogP contribution in [-0.4, -0.2) is 41.2 Å². The van der Waals surface area contributed by atoms with Crippen molar-refractivity contribution in [1.29, 1.82) is 0 Å². The Labute approximate surface area is 158 Å². The minimum atomic E-state index is -0.507. The van der Waals surface area contributed by atoms with Crippen LogP contribution in [0.2, 0.25) is 0 Å². The molecule has 0 N–H and O–H groups in total. The van der Waals surface area contributed by atoms with Gasteiger partial charge in [0, 0.05) is 18.8 Å². The number of likely N-dealkylation sites (tertiary alicyclic amines) is 1. The molecule has 1 aliphatic rings. The third-order valence-corrected chi connectivity index (χ3v) is 4.66. The number of anilines is 1. The van der Waals surface area contributed by atoms with E-state index in [2.05, 4.69) is 29.8 Å². The number of rotatable bonds is 7. The van der Waals surface area contributed by atoms with Crippen LogP contribution in [0.1, 0.15) is 78.3 Å². The summed E-state index contributed by atoms with van der Waals surface area (Å²) in [6, 6.07) is 4.56. The van der Waals surface area contributed by atoms with Crippen molar-refractivity contribution in [2.24, 2.45) is 0 Å². The van der Waals surface area contributed by atoms with E-state index in [1.165, 1.54) is 37.8 Å². The van der Waals surface area contributed by atoms with Crippen molar-refractivity contribution in [3.63, 3.8) is 0 Å². The number of hydrogen-bond donors (Lipinski definition) is 0. The second kappa shape index (κ2) is 9.36. The molecule has 1 saturated heterocycles. The Bertz CT molecular complexity index is 566. The van der Waals surface area contributed by atoms with E-state index in [-0.39, 0.29) is 6.09 Å². The van der Waals surface area contributed by atoms with E-state index in [0.29, 0.717) is 18.4 Å². The minimum absolute atomic E-state index is 0.329. The van der Waals surface area contributed by atoms with E-state index in [1.807, 2.05) is 33.0 Å². The van der Waals surface area contributed by atoms with Gasteiger partial charge in [0.15, 0.2) is 0 Å². The maximum atomic E-state index is 12.5. The molecule has 1 aromatic rings. The average Bonchev–Trinajstić information content (AvgIpc) is 3.05. The Morgan fingerprint density at radius 2 is 2.08 bits per heavy atom. The molecule has 146 valence electrons. The fourth-order valence-corrected chi connectivity index (χ4v) is 3.43. The molecule has 1 aliphatic heterocycles. The van der Waals surface area contributed by atoms with E-state index in [1.54, 1.807) is 4.90 Å². The van der Waals surface area contributed by atoms with E-state index < -0.39 is 5.60 Å². The van der Waals surface area contributed by atoms with Crippen molar-refractivity contribution < 1.29 is 9.53 Å². The third-order valence-electron chi connectivity index (χ3n) is 4.66. The molecule has 2 heterocycles. The Morgan fingerprint density at radius 3 is 2.65 bits per heavy atom. The number of amides is 1. The van der Waals surface area contributed by atoms with Crippen molar-refractivity contribution >= 4 is 11.9 Å². The number of unbranched alkanes of at least 4 members (excludes halogenated alkanes) is 1. The molecule has 0 radical (unpaired) electrons. The van der Waals surface area contributed by atoms with Gasteiger partial charge in [-0.2, -0.15) is 0 Å². The molecule has 5 nitrogen and oxygen atoms in total. The van der Waals surface area contributed by atoms with Crippen LogP contribution in [0.25, 0.3) is 0 Å². The summed E-state index contributed by atoms with van der Waals surface area (Å²) in [7, 11) is 0. The van der Waals surface area contributed by atoms with Gasteiger partial charge in [0.05, 0.1) is 0 Å². The van der Waals surface area contributed by atoms with Crippen LogP contribution >= 0.6 is 0 Å². The van der Waals surface area contributed by atoms with Gasteiger partial charge in [0.2, 0.25) is 0 Å². The monoisotopic (exact) mass is 361 g/mol. The first-order valence-corrected chi connectivity index (χ1v) is 10.1. The highest BCUT2D eigenvalue weighted by Crippen LogP contribution is 2.32. The Balaban J connectivity index is 2.11. The molecule has 0 saturated carbocycles. The normalized spacial score (nSPS) is 18.1. The molecule has 5 heteroatoms. The SMILES string of the molecule is CCCCN1CCCC1c1ccc(N(CCC)C(=O)OC(C)(C)C)nc1. The maximum Gasteiger partial charge on any atom is 0.416 e. The number of nitrogens with zero attached hydrogens (tertiary/aromatic N) is 3. The van der Waals surface area contributed by atoms with Gasteiger partial charge in [-0.3, -0.25) is 9.80 Å². The second-order valence-electron chi connectivity index (χ2n) is 8.13. The number of ether oxygens (including phenoxy) is 1. The Hall–Kier alpha value is -1.62. The fourth-order valence-electron chi connectivity index (χ4n) is 3.43. The van der Waals surface area contributed by atoms with Gasteiger partial charge in [-0.15, -0.1) is 0 Å². The number of carbonyl (C=O) groups excluding carboxylic acids is 1. The number of pyridine rings is 1. The summed E-state index contributed by atoms with van der Waals surface area (Å²) in [4.78, 5) is 21.3. The van der Waals surface area contributed by atoms with Crippen LogP contribution in [0.3, 0.4) is 0 Å². The van der Waals surface area contributed by atoms with Gasteiger partial charge in [-0.05, 0) is 71.2 Å². The molecular formula is C21H35N3O2. The molecule has 1 amide bonds. The van der Waals surface area contributed by atoms with Crippen molar-refractivity contribution in [2.45, 2.75) is 78.4 Å². The quantitative estimate of drug-likeness (QED) is 0.672. The predicted molar refractivity (Wildman–Crippen MR) is 107 cm³/mol. The zero-order valence-electron chi connectivity index (χ0n) is 17.1. The molecule has 1 fully saturated rings. The van der Waals surface area contributed by atoms with Crippen LogP contribution in [0.4, 0.5) is 10.6 Å². The lowest BCUT2D eigenvalue weighted by atomic mass is 10.1. The van der Waals surface area contributed by atoms with Crippen LogP contribution < -0.4 is 4.90 Å². The van der Waals surface area contributed by atoms with Crippen molar-refractivity contribution in [2.75, 3.05) is 24.5 Å². The van der Waals surface area contributed by atoms with Crippen molar-refractivity contribution in [1.82, 2.24) is 9.88 Å². The van der Waals surface area contributed by atoms with Crippen molar-refractivity contribution in [3.05, 3.63) is 23.9 Å². The van der Waals surface area contributed by atoms with Crippen LogP contribution in [0, 0.1) is 0 Å². The Kier molecular flexibility index (Phi) is 7.44. The molecule has 0 aromatic carbocycles. The highest BCUT2D eigenvalue weighted by Gasteiger charge is 2.27. The molecule has 2 rings (SSSR count). The minimum Gasteiger partial charge on any atom is -0.443 e. The number of aromatic nitrogens is 1. The second-order valence-corrected chi connectivity index (χ2v) is 8.13. The standard InChI is InChI=1S/C21H35N3O2/c1-6-8-14-23-15-9-10-18(23)17-11-12-19(22-16-17)24(13-7-2)20(25)26-21(3,4)5/h11-12,16,18H,6-10,13-15H2,1-5H3. The summed E-state index contributed by atoms with van der Waals surface area (Å²) in [6.07, 6.45) is 7.37. The Morgan fingerprint density at radius 1 is 1.31 bits per heavy atom. The molecule has 1 aromatic heterocycles. The van der Waals surface area contributed by atoms with Gasteiger partial charge in [0.1, 0.15) is 11.4 Å². The molecule has 0 bridgehead atoms. The lowest BCUT2D eigenvalue weighted by Gasteiger charge is -2.27. The van der Waals surface area contributed by atoms with Gasteiger partial charge >= 0.3 is 6.09 Å². The fraction of sp³-hybridized carbons (Fsp3) is 0.714. The summed E-state index contributed by atoms with van der Waals surface area (Å²) >= 11 is 0. The van der Waals surface area contributed by atoms with Crippen LogP contribution in [0.5, 0.6) is 0 Å². The van der Waals surface area contributed by atoms with Crippen LogP contribution in [0.15, 0.2) is 18.3 Å². The number of carbonyl (C=O) groups is 1. The summed E-state index contributed by atoms with van der Waals surface area (Å²) < 4.78 is 5.54. The maximum absolute atomic E-state index is 12.5. The summed E-state index contributed by atoms with van der Waals surface area (Å²) in [6.45, 7) is 12.9. The summed E-state index contributed by atoms with van der Waals surface area (Å²) in [5, 5.41) is 0. The summed E-state index contributed by atoms with van der Waals surface area (Å²) in [5.74, 6) is 0.669. The van der Waals surface area contributed by atoms with Crippen molar-refractivity contribution in [3.8, 4) is 0 Å². The van der Waals surface area contributed by atoms with E-state index >= 15 is 0 Å². The zero-order valence-corrected chi connectivity index (χ0v) is 17.1. The zero-order chi connectivity index (χ0) is 19.2. The first kappa shape index (κ1) is 20.7. The molecule has 0 aliphatic carbocycles. The smallest absolute Gasteiger partial charge is 0.416 e. The first-order chi connectivity index (χ1) is 12.4. The number of hydrogen-bond acceptors (Lipinski definition) is 4. The summed E-state index contributed by atoms with van der Waals surface area (Å²) in [5.41, 5.74) is 0.745. The average molecular weight is 362 g/mol. The lowest BCUT2D eigenvalue weighted by Crippen LogP contribution is -2.37. The van der Waals surface area contributed by atoms with E-state index in [9.17, 15) is 4.79 Å². The highest BCUT2D eigenvalue weighted by atomic mass is 16.6.